The summed E-state index contributed by atoms with van der Waals surface area (Å²) in [6, 6.07) is 7.03. The molecule has 2 rings (SSSR count). The maximum atomic E-state index is 13.5. The predicted octanol–water partition coefficient (Wildman–Crippen LogP) is 3.20. The number of benzene rings is 1. The lowest BCUT2D eigenvalue weighted by Gasteiger charge is -2.08. The Morgan fingerprint density at radius 2 is 2.06 bits per heavy atom. The largest absolute Gasteiger partial charge is 0.436 e. The molecule has 0 aliphatic carbocycles. The van der Waals surface area contributed by atoms with E-state index in [1.165, 1.54) is 12.1 Å². The highest BCUT2D eigenvalue weighted by atomic mass is 79.9. The summed E-state index contributed by atoms with van der Waals surface area (Å²) < 4.78 is 32.1. The Hall–Kier alpha value is -1.73. The number of anilines is 1. The van der Waals surface area contributed by atoms with Crippen molar-refractivity contribution < 1.29 is 13.5 Å². The van der Waals surface area contributed by atoms with Crippen LogP contribution in [0.2, 0.25) is 0 Å². The Balaban J connectivity index is 2.33. The van der Waals surface area contributed by atoms with Gasteiger partial charge in [-0.2, -0.15) is 9.37 Å². The number of nitrogens with one attached hydrogen (secondary N) is 1. The van der Waals surface area contributed by atoms with Crippen molar-refractivity contribution in [3.63, 3.8) is 0 Å². The van der Waals surface area contributed by atoms with Crippen LogP contribution in [0, 0.1) is 11.6 Å². The molecule has 0 saturated heterocycles. The molecule has 3 N–H and O–H groups in total. The molecule has 1 heterocycles. The average molecular weight is 316 g/mol. The molecule has 0 spiro atoms. The van der Waals surface area contributed by atoms with Gasteiger partial charge in [0.25, 0.3) is 0 Å². The van der Waals surface area contributed by atoms with E-state index in [0.717, 1.165) is 6.07 Å². The molecule has 0 aliphatic heterocycles. The molecule has 0 bridgehead atoms. The monoisotopic (exact) mass is 315 g/mol. The summed E-state index contributed by atoms with van der Waals surface area (Å²) in [4.78, 5) is 3.92. The molecule has 0 saturated carbocycles. The van der Waals surface area contributed by atoms with Crippen molar-refractivity contribution in [3.8, 4) is 11.6 Å². The lowest BCUT2D eigenvalue weighted by molar-refractivity contribution is 0.405. The van der Waals surface area contributed by atoms with E-state index in [1.807, 2.05) is 0 Å². The van der Waals surface area contributed by atoms with Gasteiger partial charge in [-0.05, 0) is 18.2 Å². The van der Waals surface area contributed by atoms with Crippen molar-refractivity contribution >= 4 is 21.7 Å². The van der Waals surface area contributed by atoms with Crippen LogP contribution in [-0.2, 0) is 0 Å². The molecule has 18 heavy (non-hydrogen) atoms. The molecule has 94 valence electrons. The summed E-state index contributed by atoms with van der Waals surface area (Å²) in [6.07, 6.45) is 0. The number of hydrogen-bond donors (Lipinski definition) is 2. The van der Waals surface area contributed by atoms with Crippen LogP contribution in [0.4, 0.5) is 14.6 Å². The van der Waals surface area contributed by atoms with Gasteiger partial charge in [-0.15, -0.1) is 0 Å². The SMILES string of the molecule is NNc1cccc(Oc2cc(Br)cc(F)c2F)n1. The van der Waals surface area contributed by atoms with E-state index in [-0.39, 0.29) is 11.6 Å². The van der Waals surface area contributed by atoms with E-state index >= 15 is 0 Å². The zero-order valence-electron chi connectivity index (χ0n) is 8.95. The van der Waals surface area contributed by atoms with Crippen molar-refractivity contribution in [1.82, 2.24) is 4.98 Å². The Bertz CT molecular complexity index is 580. The second-order valence-corrected chi connectivity index (χ2v) is 4.22. The van der Waals surface area contributed by atoms with Gasteiger partial charge in [0, 0.05) is 10.5 Å². The fourth-order valence-corrected chi connectivity index (χ4v) is 1.68. The van der Waals surface area contributed by atoms with E-state index in [2.05, 4.69) is 26.3 Å². The Morgan fingerprint density at radius 1 is 1.28 bits per heavy atom. The summed E-state index contributed by atoms with van der Waals surface area (Å²) in [5.41, 5.74) is 2.32. The second-order valence-electron chi connectivity index (χ2n) is 3.31. The number of nitrogens with two attached hydrogens (primary N) is 1. The van der Waals surface area contributed by atoms with E-state index < -0.39 is 11.6 Å². The third-order valence-corrected chi connectivity index (χ3v) is 2.50. The minimum Gasteiger partial charge on any atom is -0.436 e. The van der Waals surface area contributed by atoms with Crippen LogP contribution in [0.25, 0.3) is 0 Å². The Morgan fingerprint density at radius 3 is 2.78 bits per heavy atom. The summed E-state index contributed by atoms with van der Waals surface area (Å²) >= 11 is 3.05. The highest BCUT2D eigenvalue weighted by Crippen LogP contribution is 2.29. The number of rotatable bonds is 3. The Labute approximate surface area is 110 Å². The maximum absolute atomic E-state index is 13.5. The standard InChI is InChI=1S/C11H8BrF2N3O/c12-6-4-7(13)11(14)8(5-6)18-10-3-1-2-9(16-10)17-15/h1-5H,15H2,(H,16,17). The molecule has 7 heteroatoms. The van der Waals surface area contributed by atoms with Crippen LogP contribution >= 0.6 is 15.9 Å². The van der Waals surface area contributed by atoms with Crippen LogP contribution < -0.4 is 16.0 Å². The minimum atomic E-state index is -1.08. The lowest BCUT2D eigenvalue weighted by atomic mass is 10.3. The summed E-state index contributed by atoms with van der Waals surface area (Å²) in [5.74, 6) is 3.28. The molecule has 0 amide bonds. The molecule has 0 fully saturated rings. The van der Waals surface area contributed by atoms with Gasteiger partial charge < -0.3 is 10.2 Å². The fraction of sp³-hybridized carbons (Fsp3) is 0. The Kier molecular flexibility index (Phi) is 3.73. The van der Waals surface area contributed by atoms with Gasteiger partial charge in [0.2, 0.25) is 11.7 Å². The molecule has 0 unspecified atom stereocenters. The molecule has 0 aliphatic rings. The third-order valence-electron chi connectivity index (χ3n) is 2.05. The van der Waals surface area contributed by atoms with Crippen molar-refractivity contribution in [2.75, 3.05) is 5.43 Å². The van der Waals surface area contributed by atoms with Crippen molar-refractivity contribution in [2.45, 2.75) is 0 Å². The van der Waals surface area contributed by atoms with Crippen LogP contribution in [0.1, 0.15) is 0 Å². The zero-order chi connectivity index (χ0) is 13.1. The van der Waals surface area contributed by atoms with Gasteiger partial charge in [-0.3, -0.25) is 0 Å². The summed E-state index contributed by atoms with van der Waals surface area (Å²) in [7, 11) is 0. The first-order valence-corrected chi connectivity index (χ1v) is 5.65. The number of ether oxygens (including phenoxy) is 1. The van der Waals surface area contributed by atoms with Crippen LogP contribution in [0.15, 0.2) is 34.8 Å². The van der Waals surface area contributed by atoms with E-state index in [4.69, 9.17) is 10.6 Å². The molecule has 4 nitrogen and oxygen atoms in total. The van der Waals surface area contributed by atoms with E-state index in [1.54, 1.807) is 12.1 Å². The lowest BCUT2D eigenvalue weighted by Crippen LogP contribution is -2.08. The number of hydrogen-bond acceptors (Lipinski definition) is 4. The molecule has 2 aromatic rings. The molecular weight excluding hydrogens is 308 g/mol. The zero-order valence-corrected chi connectivity index (χ0v) is 10.5. The first-order chi connectivity index (χ1) is 8.60. The number of hydrazine groups is 1. The highest BCUT2D eigenvalue weighted by molar-refractivity contribution is 9.10. The van der Waals surface area contributed by atoms with Crippen LogP contribution in [0.5, 0.6) is 11.6 Å². The van der Waals surface area contributed by atoms with Gasteiger partial charge >= 0.3 is 0 Å². The normalized spacial score (nSPS) is 10.2. The van der Waals surface area contributed by atoms with E-state index in [0.29, 0.717) is 10.3 Å². The quantitative estimate of drug-likeness (QED) is 0.519. The first-order valence-electron chi connectivity index (χ1n) is 4.86. The topological polar surface area (TPSA) is 60.2 Å². The smallest absolute Gasteiger partial charge is 0.221 e. The predicted molar refractivity (Wildman–Crippen MR) is 66.2 cm³/mol. The average Bonchev–Trinajstić information content (AvgIpc) is 2.35. The molecule has 0 radical (unpaired) electrons. The van der Waals surface area contributed by atoms with Crippen LogP contribution in [0.3, 0.4) is 0 Å². The maximum Gasteiger partial charge on any atom is 0.221 e. The highest BCUT2D eigenvalue weighted by Gasteiger charge is 2.12. The van der Waals surface area contributed by atoms with Crippen molar-refractivity contribution in [3.05, 3.63) is 46.4 Å². The van der Waals surface area contributed by atoms with Crippen molar-refractivity contribution in [1.29, 1.82) is 0 Å². The molecule has 0 atom stereocenters. The van der Waals surface area contributed by atoms with Gasteiger partial charge in [0.05, 0.1) is 0 Å². The summed E-state index contributed by atoms with van der Waals surface area (Å²) in [5, 5.41) is 0. The number of nitrogen functional groups attached to an aromatic ring is 1. The van der Waals surface area contributed by atoms with Crippen molar-refractivity contribution in [2.24, 2.45) is 5.84 Å². The number of nitrogens with zero attached hydrogens (tertiary/aromatic N) is 1. The first kappa shape index (κ1) is 12.7. The van der Waals surface area contributed by atoms with Gasteiger partial charge in [0.15, 0.2) is 11.6 Å². The van der Waals surface area contributed by atoms with Gasteiger partial charge in [0.1, 0.15) is 5.82 Å². The molecule has 1 aromatic carbocycles. The number of pyridine rings is 1. The van der Waals surface area contributed by atoms with Gasteiger partial charge in [-0.25, -0.2) is 10.2 Å². The minimum absolute atomic E-state index is 0.0989. The number of halogens is 3. The fourth-order valence-electron chi connectivity index (χ4n) is 1.27. The molecule has 1 aromatic heterocycles. The third kappa shape index (κ3) is 2.74. The van der Waals surface area contributed by atoms with E-state index in [9.17, 15) is 8.78 Å². The second kappa shape index (κ2) is 5.28. The van der Waals surface area contributed by atoms with Crippen LogP contribution in [-0.4, -0.2) is 4.98 Å². The molecular formula is C11H8BrF2N3O. The van der Waals surface area contributed by atoms with Gasteiger partial charge in [-0.1, -0.05) is 22.0 Å². The number of aromatic nitrogens is 1. The summed E-state index contributed by atoms with van der Waals surface area (Å²) in [6.45, 7) is 0.